The van der Waals surface area contributed by atoms with Gasteiger partial charge in [0.25, 0.3) is 0 Å². The number of furan rings is 1. The summed E-state index contributed by atoms with van der Waals surface area (Å²) in [6.45, 7) is 0.622. The molecule has 0 fully saturated rings. The van der Waals surface area contributed by atoms with Gasteiger partial charge in [-0.15, -0.1) is 0 Å². The molecule has 0 saturated carbocycles. The van der Waals surface area contributed by atoms with E-state index in [1.807, 2.05) is 24.3 Å². The van der Waals surface area contributed by atoms with Crippen molar-refractivity contribution in [3.63, 3.8) is 0 Å². The van der Waals surface area contributed by atoms with Crippen molar-refractivity contribution in [2.75, 3.05) is 6.54 Å². The fourth-order valence-corrected chi connectivity index (χ4v) is 1.64. The van der Waals surface area contributed by atoms with Crippen molar-refractivity contribution in [2.45, 2.75) is 6.42 Å². The molecule has 68 valence electrons. The molecule has 1 heterocycles. The summed E-state index contributed by atoms with van der Waals surface area (Å²) in [6.07, 6.45) is 0.821. The van der Waals surface area contributed by atoms with Crippen LogP contribution in [0.15, 0.2) is 28.7 Å². The Morgan fingerprint density at radius 2 is 2.23 bits per heavy atom. The van der Waals surface area contributed by atoms with Gasteiger partial charge in [0.05, 0.1) is 0 Å². The average Bonchev–Trinajstić information content (AvgIpc) is 2.47. The summed E-state index contributed by atoms with van der Waals surface area (Å²) < 4.78 is 5.36. The largest absolute Gasteiger partial charge is 0.444 e. The fraction of sp³-hybridized carbons (Fsp3) is 0.200. The quantitative estimate of drug-likeness (QED) is 0.800. The first-order chi connectivity index (χ1) is 6.31. The maximum absolute atomic E-state index is 5.76. The normalized spacial score (nSPS) is 10.9. The molecule has 1 aromatic carbocycles. The van der Waals surface area contributed by atoms with E-state index >= 15 is 0 Å². The third kappa shape index (κ3) is 1.55. The monoisotopic (exact) mass is 195 g/mol. The zero-order chi connectivity index (χ0) is 9.26. The first kappa shape index (κ1) is 8.60. The van der Waals surface area contributed by atoms with Gasteiger partial charge in [-0.2, -0.15) is 0 Å². The van der Waals surface area contributed by atoms with Crippen LogP contribution in [0.1, 0.15) is 5.56 Å². The van der Waals surface area contributed by atoms with E-state index in [-0.39, 0.29) is 0 Å². The predicted octanol–water partition coefficient (Wildman–Crippen LogP) is 2.59. The van der Waals surface area contributed by atoms with E-state index in [4.69, 9.17) is 21.8 Å². The molecule has 13 heavy (non-hydrogen) atoms. The predicted molar refractivity (Wildman–Crippen MR) is 54.0 cm³/mol. The number of nitrogens with two attached hydrogens (primary N) is 1. The third-order valence-electron chi connectivity index (χ3n) is 2.01. The smallest absolute Gasteiger partial charge is 0.194 e. The number of para-hydroxylation sites is 1. The second-order valence-electron chi connectivity index (χ2n) is 2.92. The van der Waals surface area contributed by atoms with Crippen molar-refractivity contribution in [1.82, 2.24) is 0 Å². The Kier molecular flexibility index (Phi) is 2.25. The van der Waals surface area contributed by atoms with Crippen LogP contribution in [-0.4, -0.2) is 6.54 Å². The minimum Gasteiger partial charge on any atom is -0.444 e. The molecule has 3 heteroatoms. The summed E-state index contributed by atoms with van der Waals surface area (Å²) in [7, 11) is 0. The molecule has 2 rings (SSSR count). The zero-order valence-corrected chi connectivity index (χ0v) is 7.84. The molecule has 2 N–H and O–H groups in total. The van der Waals surface area contributed by atoms with Crippen LogP contribution in [0, 0.1) is 0 Å². The van der Waals surface area contributed by atoms with Crippen LogP contribution in [0.25, 0.3) is 11.0 Å². The van der Waals surface area contributed by atoms with Gasteiger partial charge in [-0.1, -0.05) is 18.2 Å². The molecule has 0 spiro atoms. The number of rotatable bonds is 2. The molecule has 0 saturated heterocycles. The maximum atomic E-state index is 5.76. The van der Waals surface area contributed by atoms with Crippen LogP contribution in [0.3, 0.4) is 0 Å². The van der Waals surface area contributed by atoms with E-state index in [1.54, 1.807) is 0 Å². The Hall–Kier alpha value is -0.990. The number of benzene rings is 1. The van der Waals surface area contributed by atoms with E-state index in [0.29, 0.717) is 11.8 Å². The summed E-state index contributed by atoms with van der Waals surface area (Å²) in [5.74, 6) is 0. The average molecular weight is 196 g/mol. The highest BCUT2D eigenvalue weighted by molar-refractivity contribution is 6.29. The molecule has 0 aliphatic rings. The highest BCUT2D eigenvalue weighted by atomic mass is 35.5. The Morgan fingerprint density at radius 1 is 1.38 bits per heavy atom. The van der Waals surface area contributed by atoms with Gasteiger partial charge in [-0.25, -0.2) is 0 Å². The lowest BCUT2D eigenvalue weighted by Crippen LogP contribution is -2.02. The van der Waals surface area contributed by atoms with Crippen molar-refractivity contribution < 1.29 is 4.42 Å². The molecule has 0 radical (unpaired) electrons. The van der Waals surface area contributed by atoms with E-state index < -0.39 is 0 Å². The fourth-order valence-electron chi connectivity index (χ4n) is 1.44. The zero-order valence-electron chi connectivity index (χ0n) is 7.09. The molecule has 2 aromatic rings. The maximum Gasteiger partial charge on any atom is 0.194 e. The number of fused-ring (bicyclic) bond motifs is 1. The first-order valence-corrected chi connectivity index (χ1v) is 4.56. The van der Waals surface area contributed by atoms with Gasteiger partial charge in [0.2, 0.25) is 0 Å². The minimum absolute atomic E-state index is 0.430. The van der Waals surface area contributed by atoms with E-state index in [9.17, 15) is 0 Å². The Bertz CT molecular complexity index is 422. The first-order valence-electron chi connectivity index (χ1n) is 4.18. The number of halogens is 1. The highest BCUT2D eigenvalue weighted by Crippen LogP contribution is 2.25. The molecular formula is C10H10ClNO. The SMILES string of the molecule is NCCc1cccc2cc(Cl)oc12. The van der Waals surface area contributed by atoms with Crippen molar-refractivity contribution in [3.8, 4) is 0 Å². The van der Waals surface area contributed by atoms with Crippen molar-refractivity contribution in [2.24, 2.45) is 5.73 Å². The van der Waals surface area contributed by atoms with Gasteiger partial charge in [0.15, 0.2) is 5.22 Å². The minimum atomic E-state index is 0.430. The lowest BCUT2D eigenvalue weighted by Gasteiger charge is -1.98. The lowest BCUT2D eigenvalue weighted by molar-refractivity contribution is 0.613. The van der Waals surface area contributed by atoms with Crippen molar-refractivity contribution >= 4 is 22.6 Å². The molecule has 0 unspecified atom stereocenters. The summed E-state index contributed by atoms with van der Waals surface area (Å²) in [5, 5.41) is 1.47. The second kappa shape index (κ2) is 3.40. The topological polar surface area (TPSA) is 39.2 Å². The van der Waals surface area contributed by atoms with Gasteiger partial charge in [-0.05, 0) is 30.1 Å². The van der Waals surface area contributed by atoms with Gasteiger partial charge in [-0.3, -0.25) is 0 Å². The Morgan fingerprint density at radius 3 is 3.00 bits per heavy atom. The summed E-state index contributed by atoms with van der Waals surface area (Å²) in [4.78, 5) is 0. The summed E-state index contributed by atoms with van der Waals surface area (Å²) in [5.41, 5.74) is 7.46. The molecule has 0 atom stereocenters. The Balaban J connectivity index is 2.60. The summed E-state index contributed by atoms with van der Waals surface area (Å²) in [6, 6.07) is 7.79. The van der Waals surface area contributed by atoms with Crippen molar-refractivity contribution in [1.29, 1.82) is 0 Å². The number of hydrogen-bond acceptors (Lipinski definition) is 2. The number of hydrogen-bond donors (Lipinski definition) is 1. The molecular weight excluding hydrogens is 186 g/mol. The molecule has 2 nitrogen and oxygen atoms in total. The van der Waals surface area contributed by atoms with Crippen LogP contribution >= 0.6 is 11.6 Å². The van der Waals surface area contributed by atoms with Gasteiger partial charge in [0, 0.05) is 11.5 Å². The van der Waals surface area contributed by atoms with Crippen LogP contribution in [-0.2, 0) is 6.42 Å². The van der Waals surface area contributed by atoms with Crippen LogP contribution in [0.5, 0.6) is 0 Å². The molecule has 1 aromatic heterocycles. The molecule has 0 aliphatic heterocycles. The third-order valence-corrected chi connectivity index (χ3v) is 2.20. The second-order valence-corrected chi connectivity index (χ2v) is 3.30. The van der Waals surface area contributed by atoms with Crippen molar-refractivity contribution in [3.05, 3.63) is 35.0 Å². The van der Waals surface area contributed by atoms with Crippen LogP contribution in [0.2, 0.25) is 5.22 Å². The van der Waals surface area contributed by atoms with Gasteiger partial charge < -0.3 is 10.2 Å². The van der Waals surface area contributed by atoms with Crippen LogP contribution in [0.4, 0.5) is 0 Å². The molecule has 0 bridgehead atoms. The van der Waals surface area contributed by atoms with E-state index in [1.165, 1.54) is 0 Å². The van der Waals surface area contributed by atoms with Gasteiger partial charge >= 0.3 is 0 Å². The molecule has 0 amide bonds. The van der Waals surface area contributed by atoms with Gasteiger partial charge in [0.1, 0.15) is 5.58 Å². The summed E-state index contributed by atoms with van der Waals surface area (Å²) >= 11 is 5.76. The highest BCUT2D eigenvalue weighted by Gasteiger charge is 2.05. The standard InChI is InChI=1S/C10H10ClNO/c11-9-6-8-3-1-2-7(4-5-12)10(8)13-9/h1-3,6H,4-5,12H2. The van der Waals surface area contributed by atoms with E-state index in [2.05, 4.69) is 0 Å². The van der Waals surface area contributed by atoms with Crippen LogP contribution < -0.4 is 5.73 Å². The Labute approximate surface area is 81.3 Å². The molecule has 0 aliphatic carbocycles. The van der Waals surface area contributed by atoms with E-state index in [0.717, 1.165) is 23.0 Å². The lowest BCUT2D eigenvalue weighted by atomic mass is 10.1.